The maximum absolute atomic E-state index is 13.7. The molecule has 0 fully saturated rings. The summed E-state index contributed by atoms with van der Waals surface area (Å²) in [5.74, 6) is -1.32. The predicted octanol–water partition coefficient (Wildman–Crippen LogP) is 3.94. The summed E-state index contributed by atoms with van der Waals surface area (Å²) in [5, 5.41) is 25.0. The van der Waals surface area contributed by atoms with E-state index in [1.807, 2.05) is 0 Å². The van der Waals surface area contributed by atoms with E-state index in [-0.39, 0.29) is 24.2 Å². The fraction of sp³-hybridized carbons (Fsp3) is 0.222. The molecule has 0 saturated heterocycles. The minimum atomic E-state index is -4.73. The number of carbonyl (C=O) groups excluding carboxylic acids is 1. The van der Waals surface area contributed by atoms with Crippen molar-refractivity contribution in [2.75, 3.05) is 11.9 Å². The molecule has 0 spiro atoms. The first-order valence-electron chi connectivity index (χ1n) is 8.16. The number of carbonyl (C=O) groups is 1. The highest BCUT2D eigenvalue weighted by Gasteiger charge is 2.33. The lowest BCUT2D eigenvalue weighted by Crippen LogP contribution is -2.29. The molecule has 11 heteroatoms. The van der Waals surface area contributed by atoms with Gasteiger partial charge in [-0.05, 0) is 18.2 Å². The first-order chi connectivity index (χ1) is 13.6. The molecule has 1 atom stereocenters. The number of halogens is 4. The van der Waals surface area contributed by atoms with Crippen LogP contribution < -0.4 is 10.6 Å². The van der Waals surface area contributed by atoms with Gasteiger partial charge in [0.05, 0.1) is 16.6 Å². The second kappa shape index (κ2) is 9.01. The summed E-state index contributed by atoms with van der Waals surface area (Å²) < 4.78 is 51.8. The van der Waals surface area contributed by atoms with Crippen molar-refractivity contribution in [3.05, 3.63) is 69.5 Å². The topological polar surface area (TPSA) is 108 Å². The molecule has 2 rings (SSSR count). The number of alkyl halides is 3. The number of amides is 1. The molecule has 1 unspecified atom stereocenters. The average molecular weight is 410 g/mol. The van der Waals surface area contributed by atoms with Crippen molar-refractivity contribution in [2.45, 2.75) is 18.6 Å². The van der Waals surface area contributed by atoms with Crippen LogP contribution in [0, 0.1) is 27.3 Å². The number of anilines is 1. The number of rotatable bonds is 7. The molecular formula is C18H14F4N4O3. The number of nitro benzene ring substituents is 1. The number of benzene rings is 2. The molecule has 29 heavy (non-hydrogen) atoms. The van der Waals surface area contributed by atoms with Crippen molar-refractivity contribution in [1.29, 1.82) is 5.26 Å². The Bertz CT molecular complexity index is 957. The van der Waals surface area contributed by atoms with Crippen molar-refractivity contribution >= 4 is 17.3 Å². The smallest absolute Gasteiger partial charge is 0.379 e. The molecule has 0 radical (unpaired) electrons. The SMILES string of the molecule is N#CC(NC(=O)CCNc1ccc(C(F)(F)F)cc1[N+](=O)[O-])c1ccccc1F. The number of nitrogens with zero attached hydrogens (tertiary/aromatic N) is 2. The largest absolute Gasteiger partial charge is 0.416 e. The minimum absolute atomic E-state index is 0.0188. The van der Waals surface area contributed by atoms with Crippen LogP contribution >= 0.6 is 0 Å². The van der Waals surface area contributed by atoms with Gasteiger partial charge in [-0.2, -0.15) is 18.4 Å². The maximum Gasteiger partial charge on any atom is 0.416 e. The summed E-state index contributed by atoms with van der Waals surface area (Å²) in [7, 11) is 0. The summed E-state index contributed by atoms with van der Waals surface area (Å²) in [4.78, 5) is 22.0. The second-order valence-corrected chi connectivity index (χ2v) is 5.81. The third-order valence-electron chi connectivity index (χ3n) is 3.84. The van der Waals surface area contributed by atoms with Gasteiger partial charge in [0.1, 0.15) is 17.5 Å². The third kappa shape index (κ3) is 5.65. The molecule has 0 aliphatic carbocycles. The van der Waals surface area contributed by atoms with Gasteiger partial charge in [-0.15, -0.1) is 0 Å². The lowest BCUT2D eigenvalue weighted by Gasteiger charge is -2.13. The molecule has 2 aromatic rings. The van der Waals surface area contributed by atoms with Crippen molar-refractivity contribution in [3.8, 4) is 6.07 Å². The van der Waals surface area contributed by atoms with Gasteiger partial charge in [0.15, 0.2) is 0 Å². The molecule has 2 N–H and O–H groups in total. The van der Waals surface area contributed by atoms with Gasteiger partial charge in [-0.3, -0.25) is 14.9 Å². The standard InChI is InChI=1S/C18H14F4N4O3/c19-13-4-2-1-3-12(13)15(10-23)25-17(27)7-8-24-14-6-5-11(18(20,21)22)9-16(14)26(28)29/h1-6,9,15,24H,7-8H2,(H,25,27). The van der Waals surface area contributed by atoms with E-state index in [1.54, 1.807) is 6.07 Å². The van der Waals surface area contributed by atoms with E-state index in [4.69, 9.17) is 5.26 Å². The van der Waals surface area contributed by atoms with E-state index >= 15 is 0 Å². The molecular weight excluding hydrogens is 396 g/mol. The summed E-state index contributed by atoms with van der Waals surface area (Å²) in [6, 6.07) is 7.90. The Morgan fingerprint density at radius 2 is 1.93 bits per heavy atom. The van der Waals surface area contributed by atoms with Gasteiger partial charge >= 0.3 is 6.18 Å². The van der Waals surface area contributed by atoms with Crippen LogP contribution in [0.15, 0.2) is 42.5 Å². The molecule has 0 aliphatic rings. The Hall–Kier alpha value is -3.68. The normalized spacial score (nSPS) is 12.0. The molecule has 2 aromatic carbocycles. The predicted molar refractivity (Wildman–Crippen MR) is 94.1 cm³/mol. The zero-order valence-electron chi connectivity index (χ0n) is 14.7. The lowest BCUT2D eigenvalue weighted by molar-refractivity contribution is -0.384. The van der Waals surface area contributed by atoms with Gasteiger partial charge in [0, 0.05) is 24.6 Å². The average Bonchev–Trinajstić information content (AvgIpc) is 2.66. The lowest BCUT2D eigenvalue weighted by atomic mass is 10.1. The van der Waals surface area contributed by atoms with E-state index in [0.29, 0.717) is 12.1 Å². The van der Waals surface area contributed by atoms with Gasteiger partial charge in [-0.25, -0.2) is 4.39 Å². The van der Waals surface area contributed by atoms with Gasteiger partial charge in [-0.1, -0.05) is 18.2 Å². The van der Waals surface area contributed by atoms with Gasteiger partial charge in [0.25, 0.3) is 5.69 Å². The molecule has 0 saturated carbocycles. The zero-order chi connectivity index (χ0) is 21.6. The van der Waals surface area contributed by atoms with Crippen LogP contribution in [0.25, 0.3) is 0 Å². The Morgan fingerprint density at radius 3 is 2.52 bits per heavy atom. The maximum atomic E-state index is 13.7. The van der Waals surface area contributed by atoms with Crippen molar-refractivity contribution in [1.82, 2.24) is 5.32 Å². The molecule has 0 heterocycles. The number of hydrogen-bond acceptors (Lipinski definition) is 5. The van der Waals surface area contributed by atoms with Gasteiger partial charge < -0.3 is 10.6 Å². The zero-order valence-corrected chi connectivity index (χ0v) is 14.7. The van der Waals surface area contributed by atoms with E-state index in [0.717, 1.165) is 12.1 Å². The molecule has 1 amide bonds. The Balaban J connectivity index is 2.00. The highest BCUT2D eigenvalue weighted by molar-refractivity contribution is 5.77. The first-order valence-corrected chi connectivity index (χ1v) is 8.16. The Kier molecular flexibility index (Phi) is 6.71. The Labute approximate surface area is 162 Å². The summed E-state index contributed by atoms with van der Waals surface area (Å²) in [6.07, 6.45) is -4.99. The Morgan fingerprint density at radius 1 is 1.24 bits per heavy atom. The second-order valence-electron chi connectivity index (χ2n) is 5.81. The number of hydrogen-bond donors (Lipinski definition) is 2. The van der Waals surface area contributed by atoms with Crippen LogP contribution in [-0.4, -0.2) is 17.4 Å². The molecule has 0 aromatic heterocycles. The quantitative estimate of drug-likeness (QED) is 0.408. The third-order valence-corrected chi connectivity index (χ3v) is 3.84. The molecule has 152 valence electrons. The summed E-state index contributed by atoms with van der Waals surface area (Å²) >= 11 is 0. The van der Waals surface area contributed by atoms with Crippen LogP contribution in [0.4, 0.5) is 28.9 Å². The summed E-state index contributed by atoms with van der Waals surface area (Å²) in [5.41, 5.74) is -2.17. The number of nitro groups is 1. The van der Waals surface area contributed by atoms with Crippen molar-refractivity contribution in [2.24, 2.45) is 0 Å². The fourth-order valence-corrected chi connectivity index (χ4v) is 2.44. The highest BCUT2D eigenvalue weighted by Crippen LogP contribution is 2.34. The minimum Gasteiger partial charge on any atom is -0.379 e. The van der Waals surface area contributed by atoms with Crippen molar-refractivity contribution in [3.63, 3.8) is 0 Å². The number of nitriles is 1. The monoisotopic (exact) mass is 410 g/mol. The number of nitrogens with one attached hydrogen (secondary N) is 2. The molecule has 7 nitrogen and oxygen atoms in total. The first kappa shape index (κ1) is 21.6. The summed E-state index contributed by atoms with van der Waals surface area (Å²) in [6.45, 7) is -0.159. The fourth-order valence-electron chi connectivity index (χ4n) is 2.44. The van der Waals surface area contributed by atoms with E-state index in [2.05, 4.69) is 10.6 Å². The van der Waals surface area contributed by atoms with Crippen LogP contribution in [0.2, 0.25) is 0 Å². The van der Waals surface area contributed by atoms with E-state index < -0.39 is 40.1 Å². The van der Waals surface area contributed by atoms with Crippen LogP contribution in [0.3, 0.4) is 0 Å². The van der Waals surface area contributed by atoms with Crippen LogP contribution in [0.5, 0.6) is 0 Å². The van der Waals surface area contributed by atoms with Crippen molar-refractivity contribution < 1.29 is 27.3 Å². The van der Waals surface area contributed by atoms with E-state index in [9.17, 15) is 32.5 Å². The van der Waals surface area contributed by atoms with Crippen LogP contribution in [0.1, 0.15) is 23.6 Å². The van der Waals surface area contributed by atoms with E-state index in [1.165, 1.54) is 18.2 Å². The molecule has 0 bridgehead atoms. The molecule has 0 aliphatic heterocycles. The highest BCUT2D eigenvalue weighted by atomic mass is 19.4. The van der Waals surface area contributed by atoms with Gasteiger partial charge in [0.2, 0.25) is 5.91 Å². The van der Waals surface area contributed by atoms with Crippen LogP contribution in [-0.2, 0) is 11.0 Å².